The Balaban J connectivity index is 1.87. The van der Waals surface area contributed by atoms with Gasteiger partial charge in [0.25, 0.3) is 0 Å². The number of furan rings is 1. The van der Waals surface area contributed by atoms with Gasteiger partial charge in [0, 0.05) is 11.6 Å². The van der Waals surface area contributed by atoms with Gasteiger partial charge in [-0.3, -0.25) is 0 Å². The number of hydrogen-bond acceptors (Lipinski definition) is 5. The summed E-state index contributed by atoms with van der Waals surface area (Å²) < 4.78 is 6.76. The van der Waals surface area contributed by atoms with Crippen molar-refractivity contribution < 1.29 is 4.42 Å². The number of rotatable bonds is 2. The van der Waals surface area contributed by atoms with E-state index in [1.165, 1.54) is 4.52 Å². The number of nitrogen functional groups attached to an aromatic ring is 1. The summed E-state index contributed by atoms with van der Waals surface area (Å²) in [5.41, 5.74) is 7.97. The minimum absolute atomic E-state index is 0.217. The number of nitrogens with zero attached hydrogens (tertiary/aromatic N) is 4. The van der Waals surface area contributed by atoms with Crippen molar-refractivity contribution in [1.29, 1.82) is 0 Å². The molecule has 0 bridgehead atoms. The van der Waals surface area contributed by atoms with Crippen molar-refractivity contribution in [1.82, 2.24) is 19.6 Å². The number of fused-ring (bicyclic) bond motifs is 1. The van der Waals surface area contributed by atoms with Crippen LogP contribution in [0.25, 0.3) is 28.5 Å². The maximum absolute atomic E-state index is 6.06. The molecule has 4 aromatic rings. The highest BCUT2D eigenvalue weighted by Gasteiger charge is 2.13. The molecule has 6 nitrogen and oxygen atoms in total. The second-order valence-electron chi connectivity index (χ2n) is 4.81. The Morgan fingerprint density at radius 3 is 2.65 bits per heavy atom. The summed E-state index contributed by atoms with van der Waals surface area (Å²) in [7, 11) is 0. The zero-order chi connectivity index (χ0) is 16.0. The molecule has 3 heterocycles. The van der Waals surface area contributed by atoms with Gasteiger partial charge < -0.3 is 10.2 Å². The highest BCUT2D eigenvalue weighted by Crippen LogP contribution is 2.29. The molecule has 0 saturated carbocycles. The monoisotopic (exact) mass is 345 g/mol. The number of nitrogens with two attached hydrogens (primary N) is 1. The molecular weight excluding hydrogens is 337 g/mol. The lowest BCUT2D eigenvalue weighted by Gasteiger charge is -2.04. The molecule has 0 amide bonds. The molecule has 4 rings (SSSR count). The van der Waals surface area contributed by atoms with Gasteiger partial charge in [0.2, 0.25) is 11.8 Å². The molecule has 3 aromatic heterocycles. The van der Waals surface area contributed by atoms with Crippen molar-refractivity contribution in [2.45, 2.75) is 0 Å². The van der Waals surface area contributed by atoms with Crippen molar-refractivity contribution in [3.63, 3.8) is 0 Å². The molecule has 1 aromatic carbocycles. The van der Waals surface area contributed by atoms with Gasteiger partial charge in [-0.25, -0.2) is 9.97 Å². The van der Waals surface area contributed by atoms with E-state index in [0.29, 0.717) is 33.0 Å². The van der Waals surface area contributed by atoms with Crippen LogP contribution in [0.2, 0.25) is 10.0 Å². The normalized spacial score (nSPS) is 11.2. The zero-order valence-corrected chi connectivity index (χ0v) is 13.1. The van der Waals surface area contributed by atoms with Crippen LogP contribution in [0.4, 0.5) is 5.95 Å². The third kappa shape index (κ3) is 2.42. The summed E-state index contributed by atoms with van der Waals surface area (Å²) in [4.78, 5) is 8.76. The summed E-state index contributed by atoms with van der Waals surface area (Å²) in [6.07, 6.45) is 1.56. The van der Waals surface area contributed by atoms with Gasteiger partial charge in [0.15, 0.2) is 11.4 Å². The lowest BCUT2D eigenvalue weighted by atomic mass is 10.1. The Hall–Kier alpha value is -2.57. The van der Waals surface area contributed by atoms with E-state index in [9.17, 15) is 0 Å². The predicted molar refractivity (Wildman–Crippen MR) is 88.4 cm³/mol. The fraction of sp³-hybridized carbons (Fsp3) is 0. The summed E-state index contributed by atoms with van der Waals surface area (Å²) in [6.45, 7) is 0. The first kappa shape index (κ1) is 14.0. The van der Waals surface area contributed by atoms with E-state index in [0.717, 1.165) is 5.56 Å². The maximum Gasteiger partial charge on any atom is 0.223 e. The fourth-order valence-electron chi connectivity index (χ4n) is 2.23. The summed E-state index contributed by atoms with van der Waals surface area (Å²) >= 11 is 12.0. The topological polar surface area (TPSA) is 82.2 Å². The third-order valence-corrected chi connectivity index (χ3v) is 4.05. The van der Waals surface area contributed by atoms with Crippen molar-refractivity contribution in [3.8, 4) is 22.8 Å². The Labute approximate surface area is 140 Å². The smallest absolute Gasteiger partial charge is 0.223 e. The molecular formula is C15H9Cl2N5O. The minimum atomic E-state index is 0.217. The van der Waals surface area contributed by atoms with Crippen LogP contribution in [0.5, 0.6) is 0 Å². The van der Waals surface area contributed by atoms with Gasteiger partial charge in [0.05, 0.1) is 22.0 Å². The van der Waals surface area contributed by atoms with E-state index in [4.69, 9.17) is 33.4 Å². The van der Waals surface area contributed by atoms with Crippen molar-refractivity contribution >= 4 is 34.8 Å². The van der Waals surface area contributed by atoms with Gasteiger partial charge in [-0.15, -0.1) is 5.10 Å². The average Bonchev–Trinajstić information content (AvgIpc) is 3.18. The molecule has 0 fully saturated rings. The SMILES string of the molecule is Nc1nc(-c2ccc(Cl)c(Cl)c2)cc2nc(-c3ccco3)nn12. The van der Waals surface area contributed by atoms with E-state index in [1.807, 2.05) is 6.07 Å². The number of halogens is 2. The first-order chi connectivity index (χ1) is 11.1. The number of aromatic nitrogens is 4. The summed E-state index contributed by atoms with van der Waals surface area (Å²) in [5, 5.41) is 5.22. The highest BCUT2D eigenvalue weighted by molar-refractivity contribution is 6.42. The van der Waals surface area contributed by atoms with Crippen molar-refractivity contribution in [2.75, 3.05) is 5.73 Å². The Kier molecular flexibility index (Phi) is 3.21. The highest BCUT2D eigenvalue weighted by atomic mass is 35.5. The van der Waals surface area contributed by atoms with Crippen LogP contribution >= 0.6 is 23.2 Å². The molecule has 0 aliphatic rings. The first-order valence-corrected chi connectivity index (χ1v) is 7.40. The molecule has 0 radical (unpaired) electrons. The van der Waals surface area contributed by atoms with Gasteiger partial charge in [-0.2, -0.15) is 4.52 Å². The molecule has 0 aliphatic heterocycles. The van der Waals surface area contributed by atoms with E-state index >= 15 is 0 Å². The van der Waals surface area contributed by atoms with E-state index in [1.54, 1.807) is 36.6 Å². The van der Waals surface area contributed by atoms with Gasteiger partial charge in [-0.1, -0.05) is 29.3 Å². The van der Waals surface area contributed by atoms with Crippen LogP contribution in [0.3, 0.4) is 0 Å². The second kappa shape index (κ2) is 5.26. The van der Waals surface area contributed by atoms with E-state index < -0.39 is 0 Å². The van der Waals surface area contributed by atoms with Crippen LogP contribution in [0.15, 0.2) is 47.1 Å². The number of anilines is 1. The summed E-state index contributed by atoms with van der Waals surface area (Å²) in [5.74, 6) is 1.22. The molecule has 8 heteroatoms. The molecule has 0 aliphatic carbocycles. The van der Waals surface area contributed by atoms with E-state index in [2.05, 4.69) is 15.1 Å². The van der Waals surface area contributed by atoms with Gasteiger partial charge >= 0.3 is 0 Å². The average molecular weight is 346 g/mol. The third-order valence-electron chi connectivity index (χ3n) is 3.31. The van der Waals surface area contributed by atoms with Crippen molar-refractivity contribution in [2.24, 2.45) is 0 Å². The Morgan fingerprint density at radius 1 is 1.04 bits per heavy atom. The lowest BCUT2D eigenvalue weighted by Crippen LogP contribution is -2.03. The van der Waals surface area contributed by atoms with Crippen LogP contribution in [0, 0.1) is 0 Å². The first-order valence-electron chi connectivity index (χ1n) is 6.64. The number of benzene rings is 1. The molecule has 0 atom stereocenters. The minimum Gasteiger partial charge on any atom is -0.461 e. The van der Waals surface area contributed by atoms with Gasteiger partial charge in [0.1, 0.15) is 0 Å². The fourth-order valence-corrected chi connectivity index (χ4v) is 2.52. The van der Waals surface area contributed by atoms with Crippen molar-refractivity contribution in [3.05, 3.63) is 52.7 Å². The molecule has 114 valence electrons. The van der Waals surface area contributed by atoms with Gasteiger partial charge in [-0.05, 0) is 24.3 Å². The summed E-state index contributed by atoms with van der Waals surface area (Å²) in [6, 6.07) is 10.6. The quantitative estimate of drug-likeness (QED) is 0.594. The number of hydrogen-bond donors (Lipinski definition) is 1. The lowest BCUT2D eigenvalue weighted by molar-refractivity contribution is 0.577. The molecule has 0 unspecified atom stereocenters. The Bertz CT molecular complexity index is 1010. The van der Waals surface area contributed by atoms with Crippen LogP contribution in [-0.2, 0) is 0 Å². The van der Waals surface area contributed by atoms with Crippen LogP contribution in [0.1, 0.15) is 0 Å². The molecule has 2 N–H and O–H groups in total. The van der Waals surface area contributed by atoms with E-state index in [-0.39, 0.29) is 5.95 Å². The van der Waals surface area contributed by atoms with Crippen LogP contribution < -0.4 is 5.73 Å². The largest absolute Gasteiger partial charge is 0.461 e. The van der Waals surface area contributed by atoms with Crippen LogP contribution in [-0.4, -0.2) is 19.6 Å². The standard InChI is InChI=1S/C15H9Cl2N5O/c16-9-4-3-8(6-10(9)17)11-7-13-20-14(12-2-1-5-23-12)21-22(13)15(18)19-11/h1-7H,(H2,18,19). The predicted octanol–water partition coefficient (Wildman–Crippen LogP) is 3.94. The maximum atomic E-state index is 6.06. The Morgan fingerprint density at radius 2 is 1.91 bits per heavy atom. The second-order valence-corrected chi connectivity index (χ2v) is 5.63. The zero-order valence-electron chi connectivity index (χ0n) is 11.6. The molecule has 0 spiro atoms. The molecule has 0 saturated heterocycles. The molecule has 23 heavy (non-hydrogen) atoms.